The summed E-state index contributed by atoms with van der Waals surface area (Å²) in [7, 11) is 0. The molecule has 0 radical (unpaired) electrons. The van der Waals surface area contributed by atoms with Gasteiger partial charge >= 0.3 is 0 Å². The van der Waals surface area contributed by atoms with Crippen LogP contribution < -0.4 is 5.73 Å². The van der Waals surface area contributed by atoms with Crippen LogP contribution in [0.5, 0.6) is 0 Å². The molecule has 1 aromatic heterocycles. The highest BCUT2D eigenvalue weighted by Gasteiger charge is 2.27. The highest BCUT2D eigenvalue weighted by molar-refractivity contribution is 5.45. The number of aliphatic hydroxyl groups is 1. The third kappa shape index (κ3) is 2.49. The van der Waals surface area contributed by atoms with E-state index in [1.54, 1.807) is 43.6 Å². The molecular weight excluding hydrogens is 231 g/mol. The number of hydrogen-bond donors (Lipinski definition) is 2. The zero-order valence-electron chi connectivity index (χ0n) is 10.1. The number of halogens is 1. The van der Waals surface area contributed by atoms with Gasteiger partial charge in [-0.15, -0.1) is 0 Å². The quantitative estimate of drug-likeness (QED) is 0.873. The number of nitrogens with two attached hydrogens (primary N) is 1. The predicted octanol–water partition coefficient (Wildman–Crippen LogP) is 2.25. The fourth-order valence-electron chi connectivity index (χ4n) is 1.95. The van der Waals surface area contributed by atoms with Crippen LogP contribution in [-0.4, -0.2) is 10.1 Å². The summed E-state index contributed by atoms with van der Waals surface area (Å²) in [4.78, 5) is 3.96. The first kappa shape index (κ1) is 12.5. The van der Waals surface area contributed by atoms with Crippen LogP contribution >= 0.6 is 0 Å². The fourth-order valence-corrected chi connectivity index (χ4v) is 1.95. The lowest BCUT2D eigenvalue weighted by Gasteiger charge is -2.24. The Morgan fingerprint density at radius 3 is 2.72 bits per heavy atom. The van der Waals surface area contributed by atoms with Crippen LogP contribution in [0.25, 0.3) is 0 Å². The van der Waals surface area contributed by atoms with Gasteiger partial charge in [-0.3, -0.25) is 4.98 Å². The lowest BCUT2D eigenvalue weighted by molar-refractivity contribution is 0.0539. The molecule has 1 unspecified atom stereocenters. The molecule has 0 aliphatic carbocycles. The maximum absolute atomic E-state index is 13.7. The van der Waals surface area contributed by atoms with Crippen molar-refractivity contribution in [2.45, 2.75) is 18.9 Å². The van der Waals surface area contributed by atoms with E-state index in [1.165, 1.54) is 6.07 Å². The average Bonchev–Trinajstić information content (AvgIpc) is 2.32. The average molecular weight is 246 g/mol. The van der Waals surface area contributed by atoms with Gasteiger partial charge in [-0.2, -0.15) is 0 Å². The van der Waals surface area contributed by atoms with Crippen LogP contribution in [0, 0.1) is 5.82 Å². The Bertz CT molecular complexity index is 555. The van der Waals surface area contributed by atoms with E-state index >= 15 is 0 Å². The second-order valence-corrected chi connectivity index (χ2v) is 4.50. The minimum atomic E-state index is -1.32. The van der Waals surface area contributed by atoms with E-state index in [9.17, 15) is 9.50 Å². The van der Waals surface area contributed by atoms with Crippen molar-refractivity contribution in [3.05, 3.63) is 59.7 Å². The van der Waals surface area contributed by atoms with Crippen molar-refractivity contribution >= 4 is 5.69 Å². The Kier molecular flexibility index (Phi) is 3.30. The number of pyridine rings is 1. The lowest BCUT2D eigenvalue weighted by Crippen LogP contribution is -2.26. The van der Waals surface area contributed by atoms with Crippen LogP contribution in [0.1, 0.15) is 18.1 Å². The van der Waals surface area contributed by atoms with Gasteiger partial charge in [0.1, 0.15) is 5.82 Å². The molecule has 1 aromatic carbocycles. The SMILES string of the molecule is CC(O)(Cc1cnccc1N)c1ccccc1F. The molecule has 0 amide bonds. The molecule has 0 saturated heterocycles. The molecule has 2 aromatic rings. The Hall–Kier alpha value is -1.94. The molecule has 94 valence electrons. The summed E-state index contributed by atoms with van der Waals surface area (Å²) in [6.07, 6.45) is 3.38. The van der Waals surface area contributed by atoms with E-state index in [0.717, 1.165) is 0 Å². The van der Waals surface area contributed by atoms with Gasteiger partial charge in [0.25, 0.3) is 0 Å². The van der Waals surface area contributed by atoms with Crippen LogP contribution in [-0.2, 0) is 12.0 Å². The van der Waals surface area contributed by atoms with E-state index in [2.05, 4.69) is 4.98 Å². The molecule has 0 aliphatic heterocycles. The van der Waals surface area contributed by atoms with Gasteiger partial charge in [-0.05, 0) is 24.6 Å². The van der Waals surface area contributed by atoms with E-state index in [1.807, 2.05) is 0 Å². The number of anilines is 1. The molecular formula is C14H15FN2O. The molecule has 0 aliphatic rings. The topological polar surface area (TPSA) is 59.1 Å². The smallest absolute Gasteiger partial charge is 0.129 e. The van der Waals surface area contributed by atoms with E-state index < -0.39 is 11.4 Å². The van der Waals surface area contributed by atoms with E-state index in [4.69, 9.17) is 5.73 Å². The number of aromatic nitrogens is 1. The van der Waals surface area contributed by atoms with Crippen LogP contribution in [0.15, 0.2) is 42.7 Å². The van der Waals surface area contributed by atoms with E-state index in [-0.39, 0.29) is 12.0 Å². The summed E-state index contributed by atoms with van der Waals surface area (Å²) in [5.41, 5.74) is 5.98. The second-order valence-electron chi connectivity index (χ2n) is 4.50. The zero-order chi connectivity index (χ0) is 13.2. The van der Waals surface area contributed by atoms with Crippen molar-refractivity contribution in [1.82, 2.24) is 4.98 Å². The first-order valence-corrected chi connectivity index (χ1v) is 5.66. The molecule has 0 bridgehead atoms. The third-order valence-corrected chi connectivity index (χ3v) is 2.93. The maximum atomic E-state index is 13.7. The predicted molar refractivity (Wildman–Crippen MR) is 68.3 cm³/mol. The fraction of sp³-hybridized carbons (Fsp3) is 0.214. The molecule has 1 heterocycles. The molecule has 0 saturated carbocycles. The first-order chi connectivity index (χ1) is 8.50. The Morgan fingerprint density at radius 2 is 2.06 bits per heavy atom. The van der Waals surface area contributed by atoms with Crippen molar-refractivity contribution in [1.29, 1.82) is 0 Å². The molecule has 18 heavy (non-hydrogen) atoms. The van der Waals surface area contributed by atoms with Crippen molar-refractivity contribution in [3.8, 4) is 0 Å². The van der Waals surface area contributed by atoms with Crippen molar-refractivity contribution in [2.75, 3.05) is 5.73 Å². The number of benzene rings is 1. The van der Waals surface area contributed by atoms with Gasteiger partial charge < -0.3 is 10.8 Å². The summed E-state index contributed by atoms with van der Waals surface area (Å²) in [6, 6.07) is 7.85. The number of hydrogen-bond acceptors (Lipinski definition) is 3. The standard InChI is InChI=1S/C14H15FN2O/c1-14(18,11-4-2-3-5-12(11)15)8-10-9-17-7-6-13(10)16/h2-7,9,18H,8H2,1H3,(H2,16,17). The molecule has 3 N–H and O–H groups in total. The minimum absolute atomic E-state index is 0.216. The summed E-state index contributed by atoms with van der Waals surface area (Å²) in [6.45, 7) is 1.57. The molecule has 0 spiro atoms. The summed E-state index contributed by atoms with van der Waals surface area (Å²) in [5, 5.41) is 10.4. The molecule has 4 heteroatoms. The normalized spacial score (nSPS) is 14.2. The van der Waals surface area contributed by atoms with Gasteiger partial charge in [0.05, 0.1) is 5.60 Å². The summed E-state index contributed by atoms with van der Waals surface area (Å²) in [5.74, 6) is -0.426. The van der Waals surface area contributed by atoms with Crippen molar-refractivity contribution in [2.24, 2.45) is 0 Å². The van der Waals surface area contributed by atoms with Gasteiger partial charge in [-0.25, -0.2) is 4.39 Å². The van der Waals surface area contributed by atoms with Crippen LogP contribution in [0.3, 0.4) is 0 Å². The molecule has 3 nitrogen and oxygen atoms in total. The van der Waals surface area contributed by atoms with Gasteiger partial charge in [0.2, 0.25) is 0 Å². The summed E-state index contributed by atoms with van der Waals surface area (Å²) < 4.78 is 13.7. The molecule has 1 atom stereocenters. The summed E-state index contributed by atoms with van der Waals surface area (Å²) >= 11 is 0. The van der Waals surface area contributed by atoms with Crippen LogP contribution in [0.2, 0.25) is 0 Å². The number of rotatable bonds is 3. The third-order valence-electron chi connectivity index (χ3n) is 2.93. The highest BCUT2D eigenvalue weighted by atomic mass is 19.1. The van der Waals surface area contributed by atoms with Gasteiger partial charge in [-0.1, -0.05) is 18.2 Å². The van der Waals surface area contributed by atoms with Crippen LogP contribution in [0.4, 0.5) is 10.1 Å². The zero-order valence-corrected chi connectivity index (χ0v) is 10.1. The van der Waals surface area contributed by atoms with Gasteiger partial charge in [0, 0.05) is 30.1 Å². The first-order valence-electron chi connectivity index (χ1n) is 5.66. The second kappa shape index (κ2) is 4.74. The van der Waals surface area contributed by atoms with Crippen molar-refractivity contribution < 1.29 is 9.50 Å². The van der Waals surface area contributed by atoms with Gasteiger partial charge in [0.15, 0.2) is 0 Å². The lowest BCUT2D eigenvalue weighted by atomic mass is 9.89. The largest absolute Gasteiger partial charge is 0.398 e. The van der Waals surface area contributed by atoms with Crippen molar-refractivity contribution in [3.63, 3.8) is 0 Å². The molecule has 2 rings (SSSR count). The Labute approximate surface area is 105 Å². The minimum Gasteiger partial charge on any atom is -0.398 e. The Balaban J connectivity index is 2.33. The Morgan fingerprint density at radius 1 is 1.33 bits per heavy atom. The van der Waals surface area contributed by atoms with E-state index in [0.29, 0.717) is 11.3 Å². The maximum Gasteiger partial charge on any atom is 0.129 e. The number of nitrogen functional groups attached to an aromatic ring is 1. The monoisotopic (exact) mass is 246 g/mol. The highest BCUT2D eigenvalue weighted by Crippen LogP contribution is 2.28. The number of nitrogens with zero attached hydrogens (tertiary/aromatic N) is 1. The molecule has 0 fully saturated rings.